The molecule has 8 nitrogen and oxygen atoms in total. The first-order valence-corrected chi connectivity index (χ1v) is 7.52. The maximum absolute atomic E-state index is 13.2. The molecule has 2 aromatic rings. The van der Waals surface area contributed by atoms with Gasteiger partial charge in [0.15, 0.2) is 23.5 Å². The zero-order valence-corrected chi connectivity index (χ0v) is 14.2. The number of ether oxygens (including phenoxy) is 2. The number of nitrogens with zero attached hydrogens (tertiary/aromatic N) is 1. The number of nitro groups is 1. The fourth-order valence-corrected chi connectivity index (χ4v) is 2.07. The summed E-state index contributed by atoms with van der Waals surface area (Å²) in [5.74, 6) is -3.98. The van der Waals surface area contributed by atoms with Gasteiger partial charge in [-0.15, -0.1) is 0 Å². The van der Waals surface area contributed by atoms with E-state index in [0.29, 0.717) is 0 Å². The molecule has 0 aliphatic carbocycles. The maximum atomic E-state index is 13.2. The number of benzene rings is 2. The number of carbonyl (C=O) groups excluding carboxylic acids is 2. The topological polar surface area (TPSA) is 108 Å². The number of anilines is 1. The molecule has 0 fully saturated rings. The summed E-state index contributed by atoms with van der Waals surface area (Å²) in [6, 6.07) is 6.14. The van der Waals surface area contributed by atoms with Gasteiger partial charge in [0.05, 0.1) is 17.6 Å². The smallest absolute Gasteiger partial charge is 0.338 e. The van der Waals surface area contributed by atoms with Gasteiger partial charge in [0.1, 0.15) is 0 Å². The van der Waals surface area contributed by atoms with Crippen LogP contribution in [0.5, 0.6) is 5.75 Å². The van der Waals surface area contributed by atoms with Crippen molar-refractivity contribution >= 4 is 23.3 Å². The van der Waals surface area contributed by atoms with Gasteiger partial charge in [-0.3, -0.25) is 14.9 Å². The second-order valence-electron chi connectivity index (χ2n) is 5.31. The van der Waals surface area contributed by atoms with Gasteiger partial charge in [-0.25, -0.2) is 13.6 Å². The molecule has 0 aliphatic rings. The monoisotopic (exact) mass is 380 g/mol. The van der Waals surface area contributed by atoms with Gasteiger partial charge in [-0.1, -0.05) is 0 Å². The fourth-order valence-electron chi connectivity index (χ4n) is 2.07. The normalized spacial score (nSPS) is 11.4. The lowest BCUT2D eigenvalue weighted by Gasteiger charge is -2.15. The van der Waals surface area contributed by atoms with Crippen LogP contribution in [0.1, 0.15) is 17.3 Å². The average Bonchev–Trinajstić information content (AvgIpc) is 2.64. The summed E-state index contributed by atoms with van der Waals surface area (Å²) in [4.78, 5) is 34.0. The minimum absolute atomic E-state index is 0.00936. The number of rotatable bonds is 6. The van der Waals surface area contributed by atoms with Gasteiger partial charge < -0.3 is 14.8 Å². The lowest BCUT2D eigenvalue weighted by molar-refractivity contribution is -0.386. The van der Waals surface area contributed by atoms with Crippen molar-refractivity contribution in [2.75, 3.05) is 12.4 Å². The zero-order chi connectivity index (χ0) is 20.1. The standard InChI is InChI=1S/C17H14F2N2O6/c1-9(16(22)20-11-4-5-12(18)13(19)8-11)27-15-6-3-10(17(23)26-2)7-14(15)21(24)25/h3-9H,1-2H3,(H,20,22)/t9-/m0/s1. The van der Waals surface area contributed by atoms with Crippen LogP contribution in [-0.4, -0.2) is 30.0 Å². The molecule has 0 unspecified atom stereocenters. The Hall–Kier alpha value is -3.56. The lowest BCUT2D eigenvalue weighted by atomic mass is 10.2. The summed E-state index contributed by atoms with van der Waals surface area (Å²) in [7, 11) is 1.13. The highest BCUT2D eigenvalue weighted by atomic mass is 19.2. The number of carbonyl (C=O) groups is 2. The Labute approximate surface area is 151 Å². The van der Waals surface area contributed by atoms with Crippen molar-refractivity contribution in [3.63, 3.8) is 0 Å². The Kier molecular flexibility index (Phi) is 6.01. The maximum Gasteiger partial charge on any atom is 0.338 e. The van der Waals surface area contributed by atoms with E-state index in [1.807, 2.05) is 0 Å². The molecular weight excluding hydrogens is 366 g/mol. The molecule has 1 atom stereocenters. The molecule has 0 spiro atoms. The first kappa shape index (κ1) is 19.8. The van der Waals surface area contributed by atoms with E-state index >= 15 is 0 Å². The molecule has 0 saturated carbocycles. The average molecular weight is 380 g/mol. The molecule has 1 amide bonds. The quantitative estimate of drug-likeness (QED) is 0.469. The van der Waals surface area contributed by atoms with Gasteiger partial charge in [-0.05, 0) is 31.2 Å². The van der Waals surface area contributed by atoms with Crippen LogP contribution in [0, 0.1) is 21.7 Å². The predicted octanol–water partition coefficient (Wildman–Crippen LogP) is 3.07. The van der Waals surface area contributed by atoms with Crippen molar-refractivity contribution in [3.8, 4) is 5.75 Å². The molecule has 2 aromatic carbocycles. The van der Waals surface area contributed by atoms with Gasteiger partial charge in [0.25, 0.3) is 5.91 Å². The van der Waals surface area contributed by atoms with E-state index in [4.69, 9.17) is 4.74 Å². The second-order valence-corrected chi connectivity index (χ2v) is 5.31. The van der Waals surface area contributed by atoms with Crippen molar-refractivity contribution in [1.29, 1.82) is 0 Å². The number of hydrogen-bond donors (Lipinski definition) is 1. The summed E-state index contributed by atoms with van der Waals surface area (Å²) < 4.78 is 35.9. The van der Waals surface area contributed by atoms with Gasteiger partial charge in [0, 0.05) is 17.8 Å². The number of esters is 1. The van der Waals surface area contributed by atoms with Gasteiger partial charge >= 0.3 is 11.7 Å². The Morgan fingerprint density at radius 2 is 1.85 bits per heavy atom. The Bertz CT molecular complexity index is 903. The molecule has 1 N–H and O–H groups in total. The van der Waals surface area contributed by atoms with E-state index < -0.39 is 40.2 Å². The molecule has 0 heterocycles. The van der Waals surface area contributed by atoms with Gasteiger partial charge in [0.2, 0.25) is 0 Å². The van der Waals surface area contributed by atoms with Crippen molar-refractivity contribution in [3.05, 3.63) is 63.7 Å². The molecule has 27 heavy (non-hydrogen) atoms. The Balaban J connectivity index is 2.17. The Morgan fingerprint density at radius 3 is 2.44 bits per heavy atom. The summed E-state index contributed by atoms with van der Waals surface area (Å²) >= 11 is 0. The number of hydrogen-bond acceptors (Lipinski definition) is 6. The van der Waals surface area contributed by atoms with Crippen molar-refractivity contribution in [2.45, 2.75) is 13.0 Å². The zero-order valence-electron chi connectivity index (χ0n) is 14.2. The minimum atomic E-state index is -1.21. The largest absolute Gasteiger partial charge is 0.474 e. The summed E-state index contributed by atoms with van der Waals surface area (Å²) in [6.07, 6.45) is -1.21. The molecule has 2 rings (SSSR count). The number of nitro benzene ring substituents is 1. The number of amides is 1. The number of methoxy groups -OCH3 is 1. The highest BCUT2D eigenvalue weighted by Gasteiger charge is 2.23. The molecular formula is C17H14F2N2O6. The summed E-state index contributed by atoms with van der Waals surface area (Å²) in [6.45, 7) is 1.31. The molecule has 10 heteroatoms. The second kappa shape index (κ2) is 8.21. The Morgan fingerprint density at radius 1 is 1.15 bits per heavy atom. The summed E-state index contributed by atoms with van der Waals surface area (Å²) in [5.41, 5.74) is -0.606. The predicted molar refractivity (Wildman–Crippen MR) is 89.5 cm³/mol. The first-order chi connectivity index (χ1) is 12.7. The van der Waals surface area contributed by atoms with Crippen LogP contribution in [0.25, 0.3) is 0 Å². The highest BCUT2D eigenvalue weighted by molar-refractivity contribution is 5.94. The van der Waals surface area contributed by atoms with E-state index in [9.17, 15) is 28.5 Å². The third-order valence-electron chi connectivity index (χ3n) is 3.44. The third-order valence-corrected chi connectivity index (χ3v) is 3.44. The molecule has 142 valence electrons. The van der Waals surface area contributed by atoms with E-state index in [0.717, 1.165) is 37.4 Å². The van der Waals surface area contributed by atoms with E-state index in [1.165, 1.54) is 13.0 Å². The van der Waals surface area contributed by atoms with Crippen LogP contribution >= 0.6 is 0 Å². The van der Waals surface area contributed by atoms with Crippen LogP contribution < -0.4 is 10.1 Å². The van der Waals surface area contributed by atoms with Crippen molar-refractivity contribution in [2.24, 2.45) is 0 Å². The van der Waals surface area contributed by atoms with Crippen LogP contribution in [-0.2, 0) is 9.53 Å². The highest BCUT2D eigenvalue weighted by Crippen LogP contribution is 2.29. The number of nitrogens with one attached hydrogen (secondary N) is 1. The van der Waals surface area contributed by atoms with Crippen molar-refractivity contribution < 1.29 is 32.8 Å². The fraction of sp³-hybridized carbons (Fsp3) is 0.176. The van der Waals surface area contributed by atoms with Crippen LogP contribution in [0.2, 0.25) is 0 Å². The van der Waals surface area contributed by atoms with Crippen LogP contribution in [0.15, 0.2) is 36.4 Å². The molecule has 0 bridgehead atoms. The lowest BCUT2D eigenvalue weighted by Crippen LogP contribution is -2.30. The molecule has 0 aliphatic heterocycles. The minimum Gasteiger partial charge on any atom is -0.474 e. The van der Waals surface area contributed by atoms with E-state index in [2.05, 4.69) is 10.1 Å². The van der Waals surface area contributed by atoms with E-state index in [1.54, 1.807) is 0 Å². The summed E-state index contributed by atoms with van der Waals surface area (Å²) in [5, 5.41) is 13.5. The number of halogens is 2. The molecule has 0 saturated heterocycles. The SMILES string of the molecule is COC(=O)c1ccc(O[C@@H](C)C(=O)Nc2ccc(F)c(F)c2)c([N+](=O)[O-])c1. The first-order valence-electron chi connectivity index (χ1n) is 7.52. The van der Waals surface area contributed by atoms with Crippen LogP contribution in [0.4, 0.5) is 20.2 Å². The third kappa shape index (κ3) is 4.75. The van der Waals surface area contributed by atoms with Gasteiger partial charge in [-0.2, -0.15) is 0 Å². The molecule has 0 aromatic heterocycles. The molecule has 0 radical (unpaired) electrons. The van der Waals surface area contributed by atoms with Crippen molar-refractivity contribution in [1.82, 2.24) is 0 Å². The van der Waals surface area contributed by atoms with E-state index in [-0.39, 0.29) is 17.0 Å². The van der Waals surface area contributed by atoms with Crippen LogP contribution in [0.3, 0.4) is 0 Å².